The molecule has 0 saturated heterocycles. The molecule has 0 bridgehead atoms. The molecule has 8 nitrogen and oxygen atoms in total. The third-order valence-corrected chi connectivity index (χ3v) is 7.55. The number of allylic oxidation sites excluding steroid dienone is 6. The van der Waals surface area contributed by atoms with Gasteiger partial charge in [-0.3, -0.25) is 9.59 Å². The van der Waals surface area contributed by atoms with Crippen molar-refractivity contribution in [1.82, 2.24) is 0 Å². The van der Waals surface area contributed by atoms with Crippen LogP contribution in [0.4, 0.5) is 0 Å². The molecule has 0 aliphatic rings. The Balaban J connectivity index is 4.48. The van der Waals surface area contributed by atoms with Gasteiger partial charge in [0.2, 0.25) is 0 Å². The van der Waals surface area contributed by atoms with Gasteiger partial charge in [-0.25, -0.2) is 4.79 Å². The smallest absolute Gasteiger partial charge is 0.362 e. The highest BCUT2D eigenvalue weighted by molar-refractivity contribution is 5.72. The first-order chi connectivity index (χ1) is 21.6. The van der Waals surface area contributed by atoms with Crippen LogP contribution in [-0.4, -0.2) is 80.6 Å². The summed E-state index contributed by atoms with van der Waals surface area (Å²) in [4.78, 5) is 36.5. The van der Waals surface area contributed by atoms with E-state index in [-0.39, 0.29) is 36.2 Å². The summed E-state index contributed by atoms with van der Waals surface area (Å²) in [7, 11) is 5.49. The molecule has 0 spiro atoms. The number of unbranched alkanes of at least 4 members (excludes halogenated alkanes) is 10. The predicted molar refractivity (Wildman–Crippen MR) is 183 cm³/mol. The van der Waals surface area contributed by atoms with Crippen molar-refractivity contribution in [1.29, 1.82) is 0 Å². The van der Waals surface area contributed by atoms with Gasteiger partial charge in [-0.05, 0) is 44.9 Å². The van der Waals surface area contributed by atoms with Gasteiger partial charge in [0.1, 0.15) is 6.61 Å². The highest BCUT2D eigenvalue weighted by Crippen LogP contribution is 2.12. The minimum atomic E-state index is -0.882. The van der Waals surface area contributed by atoms with Gasteiger partial charge in [-0.1, -0.05) is 102 Å². The molecule has 0 aromatic carbocycles. The zero-order valence-corrected chi connectivity index (χ0v) is 29.3. The van der Waals surface area contributed by atoms with E-state index in [0.29, 0.717) is 19.3 Å². The van der Waals surface area contributed by atoms with Crippen molar-refractivity contribution >= 4 is 17.9 Å². The van der Waals surface area contributed by atoms with Crippen molar-refractivity contribution in [3.05, 3.63) is 36.5 Å². The summed E-state index contributed by atoms with van der Waals surface area (Å²) in [5.41, 5.74) is 0. The van der Waals surface area contributed by atoms with Crippen LogP contribution in [0.2, 0.25) is 0 Å². The fourth-order valence-electron chi connectivity index (χ4n) is 4.81. The zero-order chi connectivity index (χ0) is 33.6. The standard InChI is InChI=1S/C37H65NO7/c1-6-8-10-12-14-15-16-17-18-19-20-22-24-26-28-36(40)45-33(31-43-30-29-34(37(41)42)38(3,4)5)32-44-35(39)27-25-23-21-13-11-9-7-2/h8,10,14-15,17-18,33-34H,6-7,9,11-13,16,19-32H2,1-5H3/p+1/b10-8+,15-14+,18-17+. The molecule has 0 rings (SSSR count). The highest BCUT2D eigenvalue weighted by atomic mass is 16.6. The maximum absolute atomic E-state index is 12.6. The lowest BCUT2D eigenvalue weighted by molar-refractivity contribution is -0.887. The molecule has 0 aromatic rings. The van der Waals surface area contributed by atoms with Gasteiger partial charge in [0, 0.05) is 19.3 Å². The van der Waals surface area contributed by atoms with Crippen LogP contribution in [0.5, 0.6) is 0 Å². The molecule has 2 unspecified atom stereocenters. The van der Waals surface area contributed by atoms with Gasteiger partial charge in [0.05, 0.1) is 34.4 Å². The second kappa shape index (κ2) is 29.0. The Morgan fingerprint density at radius 3 is 1.84 bits per heavy atom. The predicted octanol–water partition coefficient (Wildman–Crippen LogP) is 8.35. The third-order valence-electron chi connectivity index (χ3n) is 7.55. The summed E-state index contributed by atoms with van der Waals surface area (Å²) in [5, 5.41) is 9.54. The van der Waals surface area contributed by atoms with E-state index >= 15 is 0 Å². The molecular weight excluding hydrogens is 570 g/mol. The van der Waals surface area contributed by atoms with Crippen LogP contribution in [0.3, 0.4) is 0 Å². The Morgan fingerprint density at radius 2 is 1.24 bits per heavy atom. The van der Waals surface area contributed by atoms with Crippen molar-refractivity contribution in [2.45, 2.75) is 142 Å². The quantitative estimate of drug-likeness (QED) is 0.0366. The number of nitrogens with zero attached hydrogens (tertiary/aromatic N) is 1. The summed E-state index contributed by atoms with van der Waals surface area (Å²) in [6, 6.07) is -0.615. The molecular formula is C37H66NO7+. The van der Waals surface area contributed by atoms with Crippen molar-refractivity contribution in [3.63, 3.8) is 0 Å². The maximum atomic E-state index is 12.6. The van der Waals surface area contributed by atoms with Crippen LogP contribution in [0.1, 0.15) is 129 Å². The number of carboxylic acids is 1. The zero-order valence-electron chi connectivity index (χ0n) is 29.3. The molecule has 0 saturated carbocycles. The number of carbonyl (C=O) groups excluding carboxylic acids is 2. The minimum absolute atomic E-state index is 0.0525. The van der Waals surface area contributed by atoms with Gasteiger partial charge in [-0.2, -0.15) is 0 Å². The largest absolute Gasteiger partial charge is 0.477 e. The van der Waals surface area contributed by atoms with Crippen molar-refractivity contribution in [2.75, 3.05) is 41.0 Å². The number of ether oxygens (including phenoxy) is 3. The molecule has 0 radical (unpaired) electrons. The van der Waals surface area contributed by atoms with Crippen LogP contribution < -0.4 is 0 Å². The number of quaternary nitrogens is 1. The number of carboxylic acid groups (broad SMARTS) is 1. The first-order valence-electron chi connectivity index (χ1n) is 17.5. The Morgan fingerprint density at radius 1 is 0.689 bits per heavy atom. The molecule has 8 heteroatoms. The summed E-state index contributed by atoms with van der Waals surface area (Å²) in [6.07, 6.45) is 29.1. The van der Waals surface area contributed by atoms with E-state index < -0.39 is 18.1 Å². The first-order valence-corrected chi connectivity index (χ1v) is 17.5. The second-order valence-electron chi connectivity index (χ2n) is 12.7. The molecule has 0 fully saturated rings. The van der Waals surface area contributed by atoms with E-state index in [2.05, 4.69) is 50.3 Å². The Hall–Kier alpha value is -2.45. The number of rotatable bonds is 30. The maximum Gasteiger partial charge on any atom is 0.362 e. The number of aliphatic carboxylic acids is 1. The topological polar surface area (TPSA) is 99.1 Å². The molecule has 1 N–H and O–H groups in total. The Kier molecular flexibility index (Phi) is 27.4. The lowest BCUT2D eigenvalue weighted by Gasteiger charge is -2.31. The van der Waals surface area contributed by atoms with E-state index in [4.69, 9.17) is 14.2 Å². The highest BCUT2D eigenvalue weighted by Gasteiger charge is 2.31. The van der Waals surface area contributed by atoms with Gasteiger partial charge < -0.3 is 23.8 Å². The molecule has 0 heterocycles. The fourth-order valence-corrected chi connectivity index (χ4v) is 4.81. The van der Waals surface area contributed by atoms with E-state index in [1.807, 2.05) is 21.1 Å². The van der Waals surface area contributed by atoms with E-state index in [1.54, 1.807) is 0 Å². The second-order valence-corrected chi connectivity index (χ2v) is 12.7. The van der Waals surface area contributed by atoms with Crippen LogP contribution in [0, 0.1) is 0 Å². The van der Waals surface area contributed by atoms with Gasteiger partial charge in [0.25, 0.3) is 0 Å². The number of carbonyl (C=O) groups is 3. The normalized spacial score (nSPS) is 13.5. The van der Waals surface area contributed by atoms with Gasteiger partial charge in [0.15, 0.2) is 12.1 Å². The molecule has 45 heavy (non-hydrogen) atoms. The molecule has 2 atom stereocenters. The molecule has 0 aromatic heterocycles. The number of hydrogen-bond donors (Lipinski definition) is 1. The third kappa shape index (κ3) is 27.6. The van der Waals surface area contributed by atoms with Crippen LogP contribution >= 0.6 is 0 Å². The van der Waals surface area contributed by atoms with Crippen LogP contribution in [0.15, 0.2) is 36.5 Å². The van der Waals surface area contributed by atoms with Gasteiger partial charge in [-0.15, -0.1) is 0 Å². The van der Waals surface area contributed by atoms with Crippen molar-refractivity contribution < 1.29 is 38.2 Å². The van der Waals surface area contributed by atoms with E-state index in [0.717, 1.165) is 70.6 Å². The molecule has 260 valence electrons. The lowest BCUT2D eigenvalue weighted by atomic mass is 10.1. The van der Waals surface area contributed by atoms with Crippen molar-refractivity contribution in [2.24, 2.45) is 0 Å². The average Bonchev–Trinajstić information content (AvgIpc) is 2.98. The Bertz CT molecular complexity index is 844. The SMILES string of the molecule is CC/C=C/C/C=C/C/C=C/CCCCCCC(=O)OC(COCCC(C(=O)O)[N+](C)(C)C)COC(=O)CCCCCCCCC. The fraction of sp³-hybridized carbons (Fsp3) is 0.757. The van der Waals surface area contributed by atoms with E-state index in [1.165, 1.54) is 25.7 Å². The summed E-state index contributed by atoms with van der Waals surface area (Å²) in [5.74, 6) is -1.51. The lowest BCUT2D eigenvalue weighted by Crippen LogP contribution is -2.50. The van der Waals surface area contributed by atoms with Crippen molar-refractivity contribution in [3.8, 4) is 0 Å². The monoisotopic (exact) mass is 636 g/mol. The summed E-state index contributed by atoms with van der Waals surface area (Å²) < 4.78 is 17.1. The number of esters is 2. The van der Waals surface area contributed by atoms with E-state index in [9.17, 15) is 19.5 Å². The summed E-state index contributed by atoms with van der Waals surface area (Å²) in [6.45, 7) is 4.53. The average molecular weight is 637 g/mol. The summed E-state index contributed by atoms with van der Waals surface area (Å²) >= 11 is 0. The minimum Gasteiger partial charge on any atom is -0.477 e. The molecule has 0 aliphatic carbocycles. The Labute approximate surface area is 274 Å². The van der Waals surface area contributed by atoms with Crippen LogP contribution in [0.25, 0.3) is 0 Å². The first kappa shape index (κ1) is 42.6. The number of likely N-dealkylation sites (N-methyl/N-ethyl adjacent to an activating group) is 1. The molecule has 0 amide bonds. The van der Waals surface area contributed by atoms with Crippen LogP contribution in [-0.2, 0) is 28.6 Å². The molecule has 0 aliphatic heterocycles. The van der Waals surface area contributed by atoms with Gasteiger partial charge >= 0.3 is 17.9 Å². The number of hydrogen-bond acceptors (Lipinski definition) is 6.